The van der Waals surface area contributed by atoms with Crippen molar-refractivity contribution in [3.8, 4) is 0 Å². The molecule has 0 aromatic carbocycles. The number of furan rings is 1. The highest BCUT2D eigenvalue weighted by Crippen LogP contribution is 2.17. The molecule has 1 aromatic heterocycles. The molecule has 8 heteroatoms. The number of rotatable bonds is 5. The van der Waals surface area contributed by atoms with Crippen LogP contribution in [0, 0.1) is 6.92 Å². The minimum atomic E-state index is -3.80. The molecule has 21 heavy (non-hydrogen) atoms. The summed E-state index contributed by atoms with van der Waals surface area (Å²) in [6, 6.07) is 1.14. The van der Waals surface area contributed by atoms with Crippen molar-refractivity contribution in [2.75, 3.05) is 5.75 Å². The van der Waals surface area contributed by atoms with Crippen molar-refractivity contribution in [2.24, 2.45) is 0 Å². The Bertz CT molecular complexity index is 647. The van der Waals surface area contributed by atoms with Gasteiger partial charge < -0.3 is 14.3 Å². The van der Waals surface area contributed by atoms with Gasteiger partial charge in [0.05, 0.1) is 0 Å². The van der Waals surface area contributed by atoms with E-state index in [1.54, 1.807) is 20.8 Å². The number of ether oxygens (including phenoxy) is 1. The van der Waals surface area contributed by atoms with Gasteiger partial charge in [-0.1, -0.05) is 0 Å². The van der Waals surface area contributed by atoms with E-state index in [-0.39, 0.29) is 17.1 Å². The zero-order valence-corrected chi connectivity index (χ0v) is 13.1. The van der Waals surface area contributed by atoms with E-state index in [4.69, 9.17) is 14.3 Å². The maximum Gasteiger partial charge on any atom is 0.339 e. The Morgan fingerprint density at radius 2 is 1.90 bits per heavy atom. The van der Waals surface area contributed by atoms with E-state index in [0.29, 0.717) is 0 Å². The normalized spacial score (nSPS) is 12.2. The Hall–Kier alpha value is -1.83. The van der Waals surface area contributed by atoms with Gasteiger partial charge >= 0.3 is 11.9 Å². The van der Waals surface area contributed by atoms with E-state index in [1.165, 1.54) is 6.92 Å². The molecule has 0 saturated heterocycles. The molecule has 0 amide bonds. The van der Waals surface area contributed by atoms with Crippen LogP contribution in [0.4, 0.5) is 0 Å². The lowest BCUT2D eigenvalue weighted by Crippen LogP contribution is -2.28. The third-order valence-electron chi connectivity index (χ3n) is 2.32. The average Bonchev–Trinajstić information content (AvgIpc) is 2.53. The van der Waals surface area contributed by atoms with Gasteiger partial charge in [0.2, 0.25) is 0 Å². The summed E-state index contributed by atoms with van der Waals surface area (Å²) in [4.78, 5) is 22.4. The van der Waals surface area contributed by atoms with Gasteiger partial charge in [0, 0.05) is 0 Å². The summed E-state index contributed by atoms with van der Waals surface area (Å²) in [5.41, 5.74) is -0.873. The van der Waals surface area contributed by atoms with Crippen molar-refractivity contribution in [3.63, 3.8) is 0 Å². The topological polar surface area (TPSA) is 111 Å². The lowest BCUT2D eigenvalue weighted by atomic mass is 10.2. The molecule has 1 aromatic rings. The fourth-order valence-electron chi connectivity index (χ4n) is 1.65. The molecule has 0 bridgehead atoms. The summed E-state index contributed by atoms with van der Waals surface area (Å²) in [5, 5.41) is 8.87. The Labute approximate surface area is 122 Å². The second-order valence-corrected chi connectivity index (χ2v) is 7.67. The maximum absolute atomic E-state index is 11.9. The predicted octanol–water partition coefficient (Wildman–Crippen LogP) is 1.54. The molecule has 7 nitrogen and oxygen atoms in total. The van der Waals surface area contributed by atoms with Crippen LogP contribution < -0.4 is 0 Å². The van der Waals surface area contributed by atoms with E-state index < -0.39 is 38.9 Å². The van der Waals surface area contributed by atoms with Gasteiger partial charge in [-0.15, -0.1) is 0 Å². The van der Waals surface area contributed by atoms with Gasteiger partial charge in [-0.05, 0) is 33.8 Å². The van der Waals surface area contributed by atoms with Crippen LogP contribution in [0.2, 0.25) is 0 Å². The van der Waals surface area contributed by atoms with Crippen LogP contribution >= 0.6 is 0 Å². The molecular formula is C13H18O7S. The van der Waals surface area contributed by atoms with Crippen LogP contribution in [0.25, 0.3) is 0 Å². The van der Waals surface area contributed by atoms with Crippen LogP contribution in [-0.4, -0.2) is 36.8 Å². The van der Waals surface area contributed by atoms with Gasteiger partial charge in [0.1, 0.15) is 34.2 Å². The van der Waals surface area contributed by atoms with Crippen molar-refractivity contribution in [1.29, 1.82) is 0 Å². The van der Waals surface area contributed by atoms with Crippen LogP contribution in [0.15, 0.2) is 10.5 Å². The zero-order valence-electron chi connectivity index (χ0n) is 12.3. The third-order valence-corrected chi connectivity index (χ3v) is 3.72. The molecule has 1 heterocycles. The molecule has 0 unspecified atom stereocenters. The van der Waals surface area contributed by atoms with E-state index in [2.05, 4.69) is 0 Å². The molecule has 0 aliphatic rings. The predicted molar refractivity (Wildman–Crippen MR) is 73.7 cm³/mol. The Morgan fingerprint density at radius 3 is 2.33 bits per heavy atom. The number of aryl methyl sites for hydroxylation is 1. The summed E-state index contributed by atoms with van der Waals surface area (Å²) in [6.45, 7) is 6.32. The molecule has 0 spiro atoms. The van der Waals surface area contributed by atoms with Crippen LogP contribution in [0.3, 0.4) is 0 Å². The van der Waals surface area contributed by atoms with Crippen molar-refractivity contribution >= 4 is 21.8 Å². The van der Waals surface area contributed by atoms with Gasteiger partial charge in [0.25, 0.3) is 0 Å². The lowest BCUT2D eigenvalue weighted by molar-refractivity contribution is -0.151. The highest BCUT2D eigenvalue weighted by molar-refractivity contribution is 7.91. The number of carbonyl (C=O) groups excluding carboxylic acids is 1. The quantitative estimate of drug-likeness (QED) is 0.820. The minimum absolute atomic E-state index is 0.0199. The van der Waals surface area contributed by atoms with E-state index >= 15 is 0 Å². The molecule has 1 rings (SSSR count). The SMILES string of the molecule is Cc1oc(CS(=O)(=O)CC(=O)OC(C)(C)C)cc1C(=O)O. The standard InChI is InChI=1S/C13H18O7S/c1-8-10(12(15)16)5-9(19-8)6-21(17,18)7-11(14)20-13(2,3)4/h5H,6-7H2,1-4H3,(H,15,16). The summed E-state index contributed by atoms with van der Waals surface area (Å²) >= 11 is 0. The summed E-state index contributed by atoms with van der Waals surface area (Å²) in [7, 11) is -3.80. The fraction of sp³-hybridized carbons (Fsp3) is 0.538. The van der Waals surface area contributed by atoms with Crippen molar-refractivity contribution in [3.05, 3.63) is 23.2 Å². The second kappa shape index (κ2) is 5.88. The van der Waals surface area contributed by atoms with E-state index in [1.807, 2.05) is 0 Å². The first kappa shape index (κ1) is 17.2. The number of sulfone groups is 1. The lowest BCUT2D eigenvalue weighted by Gasteiger charge is -2.19. The number of esters is 1. The molecule has 0 radical (unpaired) electrons. The number of hydrogen-bond donors (Lipinski definition) is 1. The minimum Gasteiger partial charge on any atom is -0.478 e. The number of aromatic carboxylic acids is 1. The van der Waals surface area contributed by atoms with E-state index in [9.17, 15) is 18.0 Å². The molecule has 0 fully saturated rings. The summed E-state index contributed by atoms with van der Waals surface area (Å²) in [5.74, 6) is -3.30. The summed E-state index contributed by atoms with van der Waals surface area (Å²) < 4.78 is 33.8. The summed E-state index contributed by atoms with van der Waals surface area (Å²) in [6.07, 6.45) is 0. The first-order valence-corrected chi connectivity index (χ1v) is 7.96. The first-order valence-electron chi connectivity index (χ1n) is 6.14. The largest absolute Gasteiger partial charge is 0.478 e. The van der Waals surface area contributed by atoms with Crippen molar-refractivity contribution < 1.29 is 32.3 Å². The number of carboxylic acids is 1. The average molecular weight is 318 g/mol. The number of carbonyl (C=O) groups is 2. The van der Waals surface area contributed by atoms with Crippen LogP contribution in [-0.2, 0) is 25.1 Å². The smallest absolute Gasteiger partial charge is 0.339 e. The molecular weight excluding hydrogens is 300 g/mol. The maximum atomic E-state index is 11.9. The van der Waals surface area contributed by atoms with Crippen LogP contribution in [0.1, 0.15) is 42.6 Å². The third kappa shape index (κ3) is 5.58. The second-order valence-electron chi connectivity index (χ2n) is 5.61. The zero-order chi connectivity index (χ0) is 16.4. The Kier molecular flexibility index (Phi) is 4.83. The molecule has 0 aliphatic heterocycles. The highest BCUT2D eigenvalue weighted by atomic mass is 32.2. The van der Waals surface area contributed by atoms with Crippen LogP contribution in [0.5, 0.6) is 0 Å². The Morgan fingerprint density at radius 1 is 1.33 bits per heavy atom. The molecule has 0 saturated carbocycles. The highest BCUT2D eigenvalue weighted by Gasteiger charge is 2.25. The first-order chi connectivity index (χ1) is 9.39. The Balaban J connectivity index is 2.79. The molecule has 0 aliphatic carbocycles. The molecule has 118 valence electrons. The van der Waals surface area contributed by atoms with Gasteiger partial charge in [-0.25, -0.2) is 13.2 Å². The molecule has 1 N–H and O–H groups in total. The van der Waals surface area contributed by atoms with Gasteiger partial charge in [-0.3, -0.25) is 4.79 Å². The number of hydrogen-bond acceptors (Lipinski definition) is 6. The monoisotopic (exact) mass is 318 g/mol. The van der Waals surface area contributed by atoms with Crippen molar-refractivity contribution in [2.45, 2.75) is 39.0 Å². The number of carboxylic acid groups (broad SMARTS) is 1. The van der Waals surface area contributed by atoms with Crippen molar-refractivity contribution in [1.82, 2.24) is 0 Å². The van der Waals surface area contributed by atoms with Gasteiger partial charge in [-0.2, -0.15) is 0 Å². The fourth-order valence-corrected chi connectivity index (χ4v) is 2.74. The van der Waals surface area contributed by atoms with E-state index in [0.717, 1.165) is 6.07 Å². The molecule has 0 atom stereocenters. The van der Waals surface area contributed by atoms with Gasteiger partial charge in [0.15, 0.2) is 9.84 Å².